The molecule has 2 aliphatic heterocycles. The minimum Gasteiger partial charge on any atom is -0.369 e. The minimum absolute atomic E-state index is 0.00330. The van der Waals surface area contributed by atoms with E-state index in [0.717, 1.165) is 48.9 Å². The average molecular weight is 442 g/mol. The standard InChI is InChI=1S/C23H27N3O2S2/c24-21(27)20-23(10-13-29-20,17-5-8-22(9-6-17)28-12-14-30-22)26-15-16-7-11-25-19-4-2-1-3-18(16)19/h1-4,7,10-11,13,17,20,26H,5-6,8-9,12,14-15H2,(H2,24,27)/t17?,20-,22?,23+/m0/s1. The number of nitrogens with zero attached hydrogens (tertiary/aromatic N) is 1. The molecule has 7 heteroatoms. The second-order valence-corrected chi connectivity index (χ2v) is 10.8. The van der Waals surface area contributed by atoms with Gasteiger partial charge < -0.3 is 15.8 Å². The summed E-state index contributed by atoms with van der Waals surface area (Å²) in [5, 5.41) is 6.71. The van der Waals surface area contributed by atoms with Crippen molar-refractivity contribution >= 4 is 40.3 Å². The Bertz CT molecular complexity index is 961. The Morgan fingerprint density at radius 3 is 2.87 bits per heavy atom. The molecule has 2 atom stereocenters. The third kappa shape index (κ3) is 3.55. The zero-order valence-electron chi connectivity index (χ0n) is 16.9. The summed E-state index contributed by atoms with van der Waals surface area (Å²) in [6.45, 7) is 1.53. The molecular weight excluding hydrogens is 414 g/mol. The van der Waals surface area contributed by atoms with Gasteiger partial charge in [-0.3, -0.25) is 9.78 Å². The Labute approximate surface area is 185 Å². The average Bonchev–Trinajstić information content (AvgIpc) is 3.41. The number of hydrogen-bond donors (Lipinski definition) is 2. The van der Waals surface area contributed by atoms with Crippen LogP contribution in [0.5, 0.6) is 0 Å². The van der Waals surface area contributed by atoms with E-state index in [1.807, 2.05) is 36.2 Å². The van der Waals surface area contributed by atoms with Crippen LogP contribution in [0.1, 0.15) is 31.2 Å². The molecule has 3 aliphatic rings. The van der Waals surface area contributed by atoms with E-state index in [-0.39, 0.29) is 16.1 Å². The van der Waals surface area contributed by atoms with Crippen LogP contribution >= 0.6 is 23.5 Å². The highest BCUT2D eigenvalue weighted by atomic mass is 32.2. The summed E-state index contributed by atoms with van der Waals surface area (Å²) in [6, 6.07) is 10.3. The molecule has 3 N–H and O–H groups in total. The predicted molar refractivity (Wildman–Crippen MR) is 124 cm³/mol. The zero-order valence-corrected chi connectivity index (χ0v) is 18.5. The predicted octanol–water partition coefficient (Wildman–Crippen LogP) is 3.83. The van der Waals surface area contributed by atoms with Crippen molar-refractivity contribution in [3.05, 3.63) is 53.6 Å². The number of carbonyl (C=O) groups excluding carboxylic acids is 1. The number of hydrogen-bond acceptors (Lipinski definition) is 6. The van der Waals surface area contributed by atoms with Crippen LogP contribution in [0, 0.1) is 5.92 Å². The molecule has 1 aromatic heterocycles. The van der Waals surface area contributed by atoms with E-state index in [0.29, 0.717) is 12.5 Å². The van der Waals surface area contributed by atoms with E-state index in [9.17, 15) is 4.79 Å². The van der Waals surface area contributed by atoms with Gasteiger partial charge in [0.1, 0.15) is 10.2 Å². The summed E-state index contributed by atoms with van der Waals surface area (Å²) in [7, 11) is 0. The van der Waals surface area contributed by atoms with Gasteiger partial charge >= 0.3 is 0 Å². The van der Waals surface area contributed by atoms with Crippen LogP contribution in [0.4, 0.5) is 0 Å². The lowest BCUT2D eigenvalue weighted by atomic mass is 9.71. The number of amides is 1. The SMILES string of the molecule is NC(=O)[C@@H]1SC=C[C@@]1(NCc1ccnc2ccccc12)C1CCC2(CC1)OCCS2. The number of thioether (sulfide) groups is 2. The van der Waals surface area contributed by atoms with Crippen LogP contribution in [0.15, 0.2) is 48.0 Å². The van der Waals surface area contributed by atoms with Crippen molar-refractivity contribution in [1.29, 1.82) is 0 Å². The van der Waals surface area contributed by atoms with Gasteiger partial charge in [-0.25, -0.2) is 0 Å². The lowest BCUT2D eigenvalue weighted by Crippen LogP contribution is -2.60. The first-order chi connectivity index (χ1) is 14.6. The minimum atomic E-state index is -0.425. The molecule has 30 heavy (non-hydrogen) atoms. The molecule has 158 valence electrons. The number of aromatic nitrogens is 1. The van der Waals surface area contributed by atoms with Crippen LogP contribution in [0.25, 0.3) is 10.9 Å². The maximum absolute atomic E-state index is 12.4. The molecule has 1 aliphatic carbocycles. The molecule has 3 heterocycles. The number of pyridine rings is 1. The molecule has 5 rings (SSSR count). The normalized spacial score (nSPS) is 33.5. The summed E-state index contributed by atoms with van der Waals surface area (Å²) >= 11 is 3.51. The number of para-hydroxylation sites is 1. The van der Waals surface area contributed by atoms with Gasteiger partial charge in [-0.15, -0.1) is 23.5 Å². The molecule has 0 radical (unpaired) electrons. The second-order valence-electron chi connectivity index (χ2n) is 8.38. The fraction of sp³-hybridized carbons (Fsp3) is 0.478. The van der Waals surface area contributed by atoms with Gasteiger partial charge in [0.15, 0.2) is 0 Å². The molecular formula is C23H27N3O2S2. The molecule has 1 aromatic carbocycles. The van der Waals surface area contributed by atoms with Gasteiger partial charge in [0.05, 0.1) is 17.7 Å². The van der Waals surface area contributed by atoms with E-state index in [4.69, 9.17) is 10.5 Å². The first-order valence-corrected chi connectivity index (χ1v) is 12.5. The monoisotopic (exact) mass is 441 g/mol. The van der Waals surface area contributed by atoms with E-state index in [2.05, 4.69) is 33.9 Å². The summed E-state index contributed by atoms with van der Waals surface area (Å²) in [6.07, 6.45) is 8.19. The maximum Gasteiger partial charge on any atom is 0.233 e. The topological polar surface area (TPSA) is 77.2 Å². The van der Waals surface area contributed by atoms with Gasteiger partial charge in [-0.05, 0) is 54.7 Å². The van der Waals surface area contributed by atoms with Crippen molar-refractivity contribution in [2.45, 2.75) is 47.9 Å². The van der Waals surface area contributed by atoms with Gasteiger partial charge in [0.2, 0.25) is 5.91 Å². The summed E-state index contributed by atoms with van der Waals surface area (Å²) in [5.41, 5.74) is 7.63. The molecule has 1 saturated carbocycles. The summed E-state index contributed by atoms with van der Waals surface area (Å²) in [5.74, 6) is 1.19. The van der Waals surface area contributed by atoms with E-state index >= 15 is 0 Å². The Kier molecular flexibility index (Phi) is 5.56. The fourth-order valence-electron chi connectivity index (χ4n) is 5.26. The summed E-state index contributed by atoms with van der Waals surface area (Å²) < 4.78 is 6.10. The highest BCUT2D eigenvalue weighted by molar-refractivity contribution is 8.03. The van der Waals surface area contributed by atoms with Crippen LogP contribution in [0.2, 0.25) is 0 Å². The Morgan fingerprint density at radius 1 is 1.27 bits per heavy atom. The van der Waals surface area contributed by atoms with Gasteiger partial charge in [0, 0.05) is 23.9 Å². The van der Waals surface area contributed by atoms with Gasteiger partial charge in [0.25, 0.3) is 0 Å². The number of fused-ring (bicyclic) bond motifs is 1. The van der Waals surface area contributed by atoms with E-state index in [1.54, 1.807) is 11.8 Å². The molecule has 2 aromatic rings. The van der Waals surface area contributed by atoms with Crippen molar-refractivity contribution in [1.82, 2.24) is 10.3 Å². The molecule has 5 nitrogen and oxygen atoms in total. The van der Waals surface area contributed by atoms with Gasteiger partial charge in [-0.1, -0.05) is 24.3 Å². The number of ether oxygens (including phenoxy) is 1. The molecule has 0 bridgehead atoms. The number of primary amides is 1. The molecule has 2 fully saturated rings. The number of nitrogens with one attached hydrogen (secondary N) is 1. The van der Waals surface area contributed by atoms with Crippen LogP contribution in [-0.2, 0) is 16.1 Å². The Morgan fingerprint density at radius 2 is 2.10 bits per heavy atom. The van der Waals surface area contributed by atoms with Crippen molar-refractivity contribution in [3.8, 4) is 0 Å². The van der Waals surface area contributed by atoms with Gasteiger partial charge in [-0.2, -0.15) is 0 Å². The third-order valence-electron chi connectivity index (χ3n) is 6.81. The van der Waals surface area contributed by atoms with Crippen LogP contribution in [0.3, 0.4) is 0 Å². The first-order valence-electron chi connectivity index (χ1n) is 10.6. The lowest BCUT2D eigenvalue weighted by Gasteiger charge is -2.46. The Hall–Kier alpha value is -1.54. The third-order valence-corrected chi connectivity index (χ3v) is 9.42. The highest BCUT2D eigenvalue weighted by Crippen LogP contribution is 2.51. The highest BCUT2D eigenvalue weighted by Gasteiger charge is 2.52. The molecule has 1 amide bonds. The quantitative estimate of drug-likeness (QED) is 0.734. The maximum atomic E-state index is 12.4. The smallest absolute Gasteiger partial charge is 0.233 e. The van der Waals surface area contributed by atoms with E-state index in [1.165, 1.54) is 5.56 Å². The fourth-order valence-corrected chi connectivity index (χ4v) is 7.66. The summed E-state index contributed by atoms with van der Waals surface area (Å²) in [4.78, 5) is 16.9. The number of carbonyl (C=O) groups is 1. The molecule has 1 saturated heterocycles. The number of rotatable bonds is 5. The van der Waals surface area contributed by atoms with Crippen LogP contribution < -0.4 is 11.1 Å². The number of nitrogens with two attached hydrogens (primary N) is 1. The Balaban J connectivity index is 1.41. The largest absolute Gasteiger partial charge is 0.369 e. The van der Waals surface area contributed by atoms with Crippen molar-refractivity contribution in [2.24, 2.45) is 11.7 Å². The van der Waals surface area contributed by atoms with Crippen LogP contribution in [-0.4, -0.2) is 39.0 Å². The first kappa shape index (κ1) is 20.4. The number of benzene rings is 1. The van der Waals surface area contributed by atoms with Crippen molar-refractivity contribution in [2.75, 3.05) is 12.4 Å². The molecule has 0 unspecified atom stereocenters. The van der Waals surface area contributed by atoms with Crippen molar-refractivity contribution in [3.63, 3.8) is 0 Å². The van der Waals surface area contributed by atoms with E-state index < -0.39 is 5.54 Å². The zero-order chi connectivity index (χ0) is 20.6. The second kappa shape index (κ2) is 8.19. The lowest BCUT2D eigenvalue weighted by molar-refractivity contribution is -0.119. The molecule has 1 spiro atoms. The van der Waals surface area contributed by atoms with Crippen molar-refractivity contribution < 1.29 is 9.53 Å².